The molecule has 1 unspecified atom stereocenters. The van der Waals surface area contributed by atoms with Crippen LogP contribution in [0.4, 0.5) is 5.69 Å². The van der Waals surface area contributed by atoms with E-state index in [1.165, 1.54) is 0 Å². The summed E-state index contributed by atoms with van der Waals surface area (Å²) in [5, 5.41) is 11.1. The van der Waals surface area contributed by atoms with Gasteiger partial charge in [0.05, 0.1) is 5.69 Å². The first-order valence-corrected chi connectivity index (χ1v) is 6.26. The fourth-order valence-corrected chi connectivity index (χ4v) is 2.64. The minimum atomic E-state index is -1.42. The van der Waals surface area contributed by atoms with E-state index in [0.29, 0.717) is 28.3 Å². The van der Waals surface area contributed by atoms with Crippen molar-refractivity contribution in [3.05, 3.63) is 53.6 Å². The Morgan fingerprint density at radius 1 is 1.10 bits per heavy atom. The van der Waals surface area contributed by atoms with Crippen LogP contribution in [-0.2, 0) is 5.60 Å². The van der Waals surface area contributed by atoms with Crippen molar-refractivity contribution in [2.45, 2.75) is 5.60 Å². The number of benzene rings is 2. The lowest BCUT2D eigenvalue weighted by Gasteiger charge is -2.24. The standard InChI is InChI=1S/C15H12N2O3/c16-14-15(18,9-4-2-1-3-5-9)10-6-12-13(20-8-19-12)7-11(10)17-14/h1-7,18H,8H2,(H2,16,17). The molecule has 2 heterocycles. The Kier molecular flexibility index (Phi) is 2.11. The van der Waals surface area contributed by atoms with Crippen LogP contribution >= 0.6 is 0 Å². The first-order valence-electron chi connectivity index (χ1n) is 6.26. The van der Waals surface area contributed by atoms with Crippen molar-refractivity contribution < 1.29 is 14.6 Å². The van der Waals surface area contributed by atoms with Crippen molar-refractivity contribution >= 4 is 11.5 Å². The molecule has 2 aromatic carbocycles. The molecule has 2 aromatic rings. The summed E-state index contributed by atoms with van der Waals surface area (Å²) in [7, 11) is 0. The van der Waals surface area contributed by atoms with E-state index in [4.69, 9.17) is 15.2 Å². The molecular formula is C15H12N2O3. The van der Waals surface area contributed by atoms with E-state index in [0.717, 1.165) is 0 Å². The normalized spacial score (nSPS) is 22.6. The SMILES string of the molecule is NC1=Nc2cc3c(cc2C1(O)c1ccccc1)OCO3. The summed E-state index contributed by atoms with van der Waals surface area (Å²) < 4.78 is 10.7. The highest BCUT2D eigenvalue weighted by molar-refractivity contribution is 6.01. The van der Waals surface area contributed by atoms with Gasteiger partial charge in [-0.3, -0.25) is 0 Å². The summed E-state index contributed by atoms with van der Waals surface area (Å²) in [6.07, 6.45) is 0. The van der Waals surface area contributed by atoms with E-state index in [-0.39, 0.29) is 12.6 Å². The second-order valence-electron chi connectivity index (χ2n) is 4.80. The fraction of sp³-hybridized carbons (Fsp3) is 0.133. The Balaban J connectivity index is 1.95. The van der Waals surface area contributed by atoms with E-state index in [9.17, 15) is 5.11 Å². The number of aliphatic imine (C=N–C) groups is 1. The number of aliphatic hydroxyl groups is 1. The molecule has 0 radical (unpaired) electrons. The van der Waals surface area contributed by atoms with Gasteiger partial charge in [-0.1, -0.05) is 30.3 Å². The van der Waals surface area contributed by atoms with Crippen molar-refractivity contribution in [3.63, 3.8) is 0 Å². The molecule has 0 aliphatic carbocycles. The van der Waals surface area contributed by atoms with Crippen molar-refractivity contribution in [1.29, 1.82) is 0 Å². The van der Waals surface area contributed by atoms with Gasteiger partial charge in [-0.05, 0) is 11.6 Å². The van der Waals surface area contributed by atoms with Crippen molar-refractivity contribution in [1.82, 2.24) is 0 Å². The molecule has 3 N–H and O–H groups in total. The van der Waals surface area contributed by atoms with E-state index in [1.54, 1.807) is 12.1 Å². The summed E-state index contributed by atoms with van der Waals surface area (Å²) in [4.78, 5) is 4.27. The lowest BCUT2D eigenvalue weighted by atomic mass is 9.86. The summed E-state index contributed by atoms with van der Waals surface area (Å²) in [5.74, 6) is 1.38. The number of nitrogens with zero attached hydrogens (tertiary/aromatic N) is 1. The highest BCUT2D eigenvalue weighted by Gasteiger charge is 2.43. The average molecular weight is 268 g/mol. The minimum Gasteiger partial charge on any atom is -0.454 e. The molecule has 2 aliphatic heterocycles. The minimum absolute atomic E-state index is 0.155. The number of hydrogen-bond donors (Lipinski definition) is 2. The molecule has 5 nitrogen and oxygen atoms in total. The average Bonchev–Trinajstić information content (AvgIpc) is 3.02. The van der Waals surface area contributed by atoms with Gasteiger partial charge in [-0.25, -0.2) is 4.99 Å². The number of nitrogens with two attached hydrogens (primary N) is 1. The third-order valence-corrected chi connectivity index (χ3v) is 3.68. The number of amidine groups is 1. The number of ether oxygens (including phenoxy) is 2. The largest absolute Gasteiger partial charge is 0.454 e. The Morgan fingerprint density at radius 2 is 1.80 bits per heavy atom. The van der Waals surface area contributed by atoms with E-state index >= 15 is 0 Å². The van der Waals surface area contributed by atoms with Gasteiger partial charge in [0.2, 0.25) is 6.79 Å². The first-order chi connectivity index (χ1) is 9.69. The lowest BCUT2D eigenvalue weighted by molar-refractivity contribution is 0.157. The molecule has 5 heteroatoms. The van der Waals surface area contributed by atoms with Gasteiger partial charge < -0.3 is 20.3 Å². The Labute approximate surface area is 115 Å². The zero-order valence-electron chi connectivity index (χ0n) is 10.5. The molecular weight excluding hydrogens is 256 g/mol. The van der Waals surface area contributed by atoms with Crippen molar-refractivity contribution in [2.75, 3.05) is 6.79 Å². The lowest BCUT2D eigenvalue weighted by Crippen LogP contribution is -2.39. The zero-order chi connectivity index (χ0) is 13.7. The van der Waals surface area contributed by atoms with Crippen LogP contribution in [0.15, 0.2) is 47.5 Å². The third kappa shape index (κ3) is 1.32. The monoisotopic (exact) mass is 268 g/mol. The van der Waals surface area contributed by atoms with Crippen LogP contribution in [0.2, 0.25) is 0 Å². The molecule has 4 rings (SSSR count). The zero-order valence-corrected chi connectivity index (χ0v) is 10.5. The summed E-state index contributed by atoms with van der Waals surface area (Å²) in [6, 6.07) is 12.7. The highest BCUT2D eigenvalue weighted by Crippen LogP contribution is 2.47. The molecule has 0 saturated carbocycles. The predicted octanol–water partition coefficient (Wildman–Crippen LogP) is 1.65. The van der Waals surface area contributed by atoms with Gasteiger partial charge in [-0.15, -0.1) is 0 Å². The molecule has 1 atom stereocenters. The third-order valence-electron chi connectivity index (χ3n) is 3.68. The molecule has 0 aromatic heterocycles. The van der Waals surface area contributed by atoms with Crippen LogP contribution in [0.1, 0.15) is 11.1 Å². The maximum atomic E-state index is 11.1. The van der Waals surface area contributed by atoms with Crippen molar-refractivity contribution in [2.24, 2.45) is 10.7 Å². The van der Waals surface area contributed by atoms with Gasteiger partial charge in [0.15, 0.2) is 17.1 Å². The molecule has 20 heavy (non-hydrogen) atoms. The second kappa shape index (κ2) is 3.74. The fourth-order valence-electron chi connectivity index (χ4n) is 2.64. The Morgan fingerprint density at radius 3 is 2.55 bits per heavy atom. The summed E-state index contributed by atoms with van der Waals surface area (Å²) in [5.41, 5.74) is 6.46. The Hall–Kier alpha value is -2.53. The quantitative estimate of drug-likeness (QED) is 0.824. The second-order valence-corrected chi connectivity index (χ2v) is 4.80. The number of hydrogen-bond acceptors (Lipinski definition) is 5. The molecule has 0 bridgehead atoms. The van der Waals surface area contributed by atoms with Gasteiger partial charge in [0.25, 0.3) is 0 Å². The smallest absolute Gasteiger partial charge is 0.231 e. The topological polar surface area (TPSA) is 77.1 Å². The molecule has 100 valence electrons. The molecule has 0 saturated heterocycles. The maximum Gasteiger partial charge on any atom is 0.231 e. The van der Waals surface area contributed by atoms with E-state index in [1.807, 2.05) is 30.3 Å². The van der Waals surface area contributed by atoms with Crippen LogP contribution < -0.4 is 15.2 Å². The van der Waals surface area contributed by atoms with Crippen molar-refractivity contribution in [3.8, 4) is 11.5 Å². The van der Waals surface area contributed by atoms with Crippen LogP contribution in [0.3, 0.4) is 0 Å². The molecule has 0 amide bonds. The van der Waals surface area contributed by atoms with E-state index in [2.05, 4.69) is 4.99 Å². The van der Waals surface area contributed by atoms with Crippen LogP contribution in [-0.4, -0.2) is 17.7 Å². The molecule has 0 fully saturated rings. The van der Waals surface area contributed by atoms with Gasteiger partial charge >= 0.3 is 0 Å². The molecule has 2 aliphatic rings. The molecule has 0 spiro atoms. The van der Waals surface area contributed by atoms with Crippen LogP contribution in [0.25, 0.3) is 0 Å². The predicted molar refractivity (Wildman–Crippen MR) is 73.3 cm³/mol. The van der Waals surface area contributed by atoms with Gasteiger partial charge in [0.1, 0.15) is 5.84 Å². The highest BCUT2D eigenvalue weighted by atomic mass is 16.7. The number of fused-ring (bicyclic) bond motifs is 2. The van der Waals surface area contributed by atoms with E-state index < -0.39 is 5.60 Å². The Bertz CT molecular complexity index is 727. The summed E-state index contributed by atoms with van der Waals surface area (Å²) >= 11 is 0. The maximum absolute atomic E-state index is 11.1. The summed E-state index contributed by atoms with van der Waals surface area (Å²) in [6.45, 7) is 0.182. The van der Waals surface area contributed by atoms with Crippen LogP contribution in [0.5, 0.6) is 11.5 Å². The van der Waals surface area contributed by atoms with Gasteiger partial charge in [-0.2, -0.15) is 0 Å². The van der Waals surface area contributed by atoms with Gasteiger partial charge in [0, 0.05) is 11.6 Å². The first kappa shape index (κ1) is 11.3. The number of rotatable bonds is 1. The van der Waals surface area contributed by atoms with Crippen LogP contribution in [0, 0.1) is 0 Å².